The summed E-state index contributed by atoms with van der Waals surface area (Å²) in [4.78, 5) is 0. The maximum atomic E-state index is 13.4. The number of hydrogen-bond acceptors (Lipinski definition) is 0. The molecule has 162 valence electrons. The van der Waals surface area contributed by atoms with E-state index in [4.69, 9.17) is 0 Å². The molecule has 0 aliphatic heterocycles. The minimum absolute atomic E-state index is 0.711. The van der Waals surface area contributed by atoms with Crippen LogP contribution in [0.5, 0.6) is 0 Å². The molecule has 0 aromatic heterocycles. The van der Waals surface area contributed by atoms with Gasteiger partial charge in [0.1, 0.15) is 0 Å². The molecule has 3 rings (SSSR count). The smallest absolute Gasteiger partial charge is 0.159 e. The van der Waals surface area contributed by atoms with Gasteiger partial charge in [-0.05, 0) is 106 Å². The van der Waals surface area contributed by atoms with Crippen LogP contribution in [0.2, 0.25) is 0 Å². The first-order chi connectivity index (χ1) is 14.2. The number of unbranched alkanes of at least 4 members (excludes halogenated alkanes) is 3. The van der Waals surface area contributed by atoms with Gasteiger partial charge in [0.05, 0.1) is 0 Å². The van der Waals surface area contributed by atoms with E-state index in [0.717, 1.165) is 42.1 Å². The first kappa shape index (κ1) is 22.5. The van der Waals surface area contributed by atoms with Crippen molar-refractivity contribution in [3.63, 3.8) is 0 Å². The van der Waals surface area contributed by atoms with Crippen molar-refractivity contribution in [3.8, 4) is 0 Å². The summed E-state index contributed by atoms with van der Waals surface area (Å²) in [5, 5.41) is 0. The fraction of sp³-hybridized carbons (Fsp3) is 0.704. The summed E-state index contributed by atoms with van der Waals surface area (Å²) >= 11 is 0. The molecule has 0 spiro atoms. The summed E-state index contributed by atoms with van der Waals surface area (Å²) in [5.41, 5.74) is 0.937. The van der Waals surface area contributed by atoms with Gasteiger partial charge in [0.25, 0.3) is 0 Å². The monoisotopic (exact) mass is 402 g/mol. The molecule has 1 aromatic rings. The van der Waals surface area contributed by atoms with Crippen molar-refractivity contribution in [3.05, 3.63) is 47.5 Å². The summed E-state index contributed by atoms with van der Waals surface area (Å²) in [7, 11) is 0. The SMILES string of the molecule is CCCCC/C=C/C1CCC(C2CCC(CCc3ccc(F)c(F)c3)CC2)CC1. The normalized spacial score (nSPS) is 28.1. The lowest BCUT2D eigenvalue weighted by atomic mass is 9.68. The Balaban J connectivity index is 1.32. The molecule has 0 saturated heterocycles. The zero-order valence-corrected chi connectivity index (χ0v) is 18.4. The molecule has 0 radical (unpaired) electrons. The van der Waals surface area contributed by atoms with Gasteiger partial charge in [-0.15, -0.1) is 0 Å². The van der Waals surface area contributed by atoms with E-state index < -0.39 is 11.6 Å². The molecule has 0 bridgehead atoms. The van der Waals surface area contributed by atoms with Gasteiger partial charge in [-0.1, -0.05) is 50.8 Å². The first-order valence-electron chi connectivity index (χ1n) is 12.3. The number of benzene rings is 1. The zero-order valence-electron chi connectivity index (χ0n) is 18.4. The number of halogens is 2. The van der Waals surface area contributed by atoms with Crippen molar-refractivity contribution in [2.45, 2.75) is 96.8 Å². The van der Waals surface area contributed by atoms with Crippen LogP contribution in [0, 0.1) is 35.3 Å². The highest BCUT2D eigenvalue weighted by molar-refractivity contribution is 5.17. The molecule has 2 aliphatic carbocycles. The molecular formula is C27H40F2. The molecule has 0 amide bonds. The van der Waals surface area contributed by atoms with Crippen molar-refractivity contribution < 1.29 is 8.78 Å². The van der Waals surface area contributed by atoms with Crippen molar-refractivity contribution in [1.29, 1.82) is 0 Å². The Morgan fingerprint density at radius 3 is 2.21 bits per heavy atom. The topological polar surface area (TPSA) is 0 Å². The van der Waals surface area contributed by atoms with E-state index in [-0.39, 0.29) is 0 Å². The Labute approximate surface area is 177 Å². The second-order valence-corrected chi connectivity index (χ2v) is 9.67. The highest BCUT2D eigenvalue weighted by Crippen LogP contribution is 2.42. The van der Waals surface area contributed by atoms with Gasteiger partial charge in [0.15, 0.2) is 11.6 Å². The van der Waals surface area contributed by atoms with Gasteiger partial charge in [-0.3, -0.25) is 0 Å². The lowest BCUT2D eigenvalue weighted by molar-refractivity contribution is 0.152. The molecule has 2 aliphatic rings. The highest BCUT2D eigenvalue weighted by Gasteiger charge is 2.30. The number of rotatable bonds is 9. The lowest BCUT2D eigenvalue weighted by Gasteiger charge is -2.37. The van der Waals surface area contributed by atoms with Gasteiger partial charge in [0.2, 0.25) is 0 Å². The van der Waals surface area contributed by atoms with Crippen LogP contribution in [0.1, 0.15) is 96.0 Å². The fourth-order valence-electron chi connectivity index (χ4n) is 5.62. The molecular weight excluding hydrogens is 362 g/mol. The molecule has 2 fully saturated rings. The van der Waals surface area contributed by atoms with Crippen LogP contribution in [0.3, 0.4) is 0 Å². The number of allylic oxidation sites excluding steroid dienone is 2. The summed E-state index contributed by atoms with van der Waals surface area (Å²) in [5.74, 6) is 2.03. The maximum Gasteiger partial charge on any atom is 0.159 e. The first-order valence-corrected chi connectivity index (χ1v) is 12.3. The van der Waals surface area contributed by atoms with E-state index >= 15 is 0 Å². The Morgan fingerprint density at radius 1 is 0.862 bits per heavy atom. The van der Waals surface area contributed by atoms with Crippen LogP contribution in [0.4, 0.5) is 8.78 Å². The van der Waals surface area contributed by atoms with E-state index in [2.05, 4.69) is 19.1 Å². The van der Waals surface area contributed by atoms with Crippen molar-refractivity contribution in [2.24, 2.45) is 23.7 Å². The van der Waals surface area contributed by atoms with Crippen molar-refractivity contribution in [1.82, 2.24) is 0 Å². The van der Waals surface area contributed by atoms with E-state index in [0.29, 0.717) is 0 Å². The summed E-state index contributed by atoms with van der Waals surface area (Å²) in [6, 6.07) is 4.37. The summed E-state index contributed by atoms with van der Waals surface area (Å²) < 4.78 is 26.4. The largest absolute Gasteiger partial charge is 0.204 e. The quantitative estimate of drug-likeness (QED) is 0.286. The molecule has 1 aromatic carbocycles. The lowest BCUT2D eigenvalue weighted by Crippen LogP contribution is -2.25. The van der Waals surface area contributed by atoms with Crippen molar-refractivity contribution >= 4 is 0 Å². The van der Waals surface area contributed by atoms with Gasteiger partial charge >= 0.3 is 0 Å². The van der Waals surface area contributed by atoms with Crippen LogP contribution in [0.25, 0.3) is 0 Å². The molecule has 2 saturated carbocycles. The Kier molecular flexibility index (Phi) is 9.21. The molecule has 0 N–H and O–H groups in total. The average molecular weight is 403 g/mol. The van der Waals surface area contributed by atoms with Gasteiger partial charge < -0.3 is 0 Å². The Bertz CT molecular complexity index is 619. The Morgan fingerprint density at radius 2 is 1.55 bits per heavy atom. The third kappa shape index (κ3) is 7.23. The van der Waals surface area contributed by atoms with Crippen molar-refractivity contribution in [2.75, 3.05) is 0 Å². The molecule has 2 heteroatoms. The fourth-order valence-corrected chi connectivity index (χ4v) is 5.62. The molecule has 0 atom stereocenters. The average Bonchev–Trinajstić information content (AvgIpc) is 2.75. The Hall–Kier alpha value is -1.18. The van der Waals surface area contributed by atoms with Gasteiger partial charge in [0, 0.05) is 0 Å². The molecule has 0 nitrogen and oxygen atoms in total. The second kappa shape index (κ2) is 11.9. The zero-order chi connectivity index (χ0) is 20.5. The number of aryl methyl sites for hydroxylation is 1. The van der Waals surface area contributed by atoms with Crippen LogP contribution in [0.15, 0.2) is 30.4 Å². The number of hydrogen-bond donors (Lipinski definition) is 0. The van der Waals surface area contributed by atoms with E-state index in [1.807, 2.05) is 0 Å². The maximum absolute atomic E-state index is 13.4. The minimum atomic E-state index is -0.740. The van der Waals surface area contributed by atoms with E-state index in [1.54, 1.807) is 6.07 Å². The predicted molar refractivity (Wildman–Crippen MR) is 119 cm³/mol. The van der Waals surface area contributed by atoms with E-state index in [9.17, 15) is 8.78 Å². The van der Waals surface area contributed by atoms with Crippen LogP contribution in [-0.2, 0) is 6.42 Å². The standard InChI is InChI=1S/C27H40F2/c1-2-3-4-5-6-7-21-10-15-24(16-11-21)25-17-12-22(13-18-25)8-9-23-14-19-26(28)27(29)20-23/h6-7,14,19-22,24-25H,2-5,8-13,15-18H2,1H3/b7-6+. The van der Waals surface area contributed by atoms with E-state index in [1.165, 1.54) is 89.2 Å². The minimum Gasteiger partial charge on any atom is -0.204 e. The third-order valence-corrected chi connectivity index (χ3v) is 7.58. The second-order valence-electron chi connectivity index (χ2n) is 9.67. The predicted octanol–water partition coefficient (Wildman–Crippen LogP) is 8.65. The molecule has 0 heterocycles. The van der Waals surface area contributed by atoms with Crippen LogP contribution in [-0.4, -0.2) is 0 Å². The third-order valence-electron chi connectivity index (χ3n) is 7.58. The summed E-state index contributed by atoms with van der Waals surface area (Å²) in [6.07, 6.45) is 23.3. The molecule has 29 heavy (non-hydrogen) atoms. The van der Waals surface area contributed by atoms with Gasteiger partial charge in [-0.2, -0.15) is 0 Å². The highest BCUT2D eigenvalue weighted by atomic mass is 19.2. The summed E-state index contributed by atoms with van der Waals surface area (Å²) in [6.45, 7) is 2.27. The van der Waals surface area contributed by atoms with Crippen LogP contribution < -0.4 is 0 Å². The van der Waals surface area contributed by atoms with Crippen LogP contribution >= 0.6 is 0 Å². The van der Waals surface area contributed by atoms with Gasteiger partial charge in [-0.25, -0.2) is 8.78 Å². The molecule has 0 unspecified atom stereocenters.